The third-order valence-corrected chi connectivity index (χ3v) is 1.47. The zero-order chi connectivity index (χ0) is 11.0. The molecule has 0 aliphatic rings. The van der Waals surface area contributed by atoms with Crippen molar-refractivity contribution in [2.24, 2.45) is 0 Å². The van der Waals surface area contributed by atoms with Gasteiger partial charge in [-0.15, -0.1) is 0 Å². The lowest BCUT2D eigenvalue weighted by Crippen LogP contribution is -1.87. The monoisotopic (exact) mass is 188 g/mol. The van der Waals surface area contributed by atoms with Crippen LogP contribution < -0.4 is 4.74 Å². The molecule has 1 aromatic rings. The second kappa shape index (κ2) is 6.51. The Morgan fingerprint density at radius 2 is 1.64 bits per heavy atom. The van der Waals surface area contributed by atoms with Gasteiger partial charge in [-0.25, -0.2) is 0 Å². The summed E-state index contributed by atoms with van der Waals surface area (Å²) in [6.45, 7) is 4.00. The average molecular weight is 188 g/mol. The molecule has 0 aliphatic heterocycles. The van der Waals surface area contributed by atoms with Gasteiger partial charge in [-0.05, 0) is 18.2 Å². The fourth-order valence-corrected chi connectivity index (χ4v) is 0.840. The zero-order valence-corrected chi connectivity index (χ0v) is 8.53. The lowest BCUT2D eigenvalue weighted by atomic mass is 10.1. The molecule has 72 valence electrons. The lowest BCUT2D eigenvalue weighted by Gasteiger charge is -1.99. The van der Waals surface area contributed by atoms with Gasteiger partial charge in [0.05, 0.1) is 18.2 Å². The standard InChI is InChI=1S/C9H6N2O.C2H6/c1-12-9-3-2-7(5-10)8(4-9)6-11;1-2/h2-4H,1H3;1-2H3. The number of nitriles is 2. The van der Waals surface area contributed by atoms with E-state index in [0.29, 0.717) is 16.9 Å². The van der Waals surface area contributed by atoms with Crippen molar-refractivity contribution in [3.05, 3.63) is 29.3 Å². The first-order valence-corrected chi connectivity index (χ1v) is 4.30. The van der Waals surface area contributed by atoms with Crippen LogP contribution in [0.4, 0.5) is 0 Å². The van der Waals surface area contributed by atoms with E-state index >= 15 is 0 Å². The number of nitrogens with zero attached hydrogens (tertiary/aromatic N) is 2. The summed E-state index contributed by atoms with van der Waals surface area (Å²) in [7, 11) is 1.52. The van der Waals surface area contributed by atoms with E-state index < -0.39 is 0 Å². The molecule has 0 amide bonds. The molecule has 14 heavy (non-hydrogen) atoms. The summed E-state index contributed by atoms with van der Waals surface area (Å²) in [6, 6.07) is 8.60. The van der Waals surface area contributed by atoms with Crippen molar-refractivity contribution in [2.45, 2.75) is 13.8 Å². The van der Waals surface area contributed by atoms with Crippen LogP contribution in [-0.4, -0.2) is 7.11 Å². The van der Waals surface area contributed by atoms with E-state index in [1.165, 1.54) is 7.11 Å². The van der Waals surface area contributed by atoms with Crippen molar-refractivity contribution in [1.29, 1.82) is 10.5 Å². The maximum absolute atomic E-state index is 8.61. The second-order valence-corrected chi connectivity index (χ2v) is 2.14. The molecule has 3 nitrogen and oxygen atoms in total. The quantitative estimate of drug-likeness (QED) is 0.680. The van der Waals surface area contributed by atoms with Gasteiger partial charge >= 0.3 is 0 Å². The fraction of sp³-hybridized carbons (Fsp3) is 0.273. The van der Waals surface area contributed by atoms with E-state index in [2.05, 4.69) is 0 Å². The highest BCUT2D eigenvalue weighted by Crippen LogP contribution is 2.15. The smallest absolute Gasteiger partial charge is 0.120 e. The van der Waals surface area contributed by atoms with Gasteiger partial charge in [0, 0.05) is 0 Å². The minimum absolute atomic E-state index is 0.344. The maximum atomic E-state index is 8.61. The normalized spacial score (nSPS) is 7.50. The number of hydrogen-bond acceptors (Lipinski definition) is 3. The van der Waals surface area contributed by atoms with E-state index in [9.17, 15) is 0 Å². The first kappa shape index (κ1) is 12.0. The molecule has 0 heterocycles. The molecule has 0 spiro atoms. The SMILES string of the molecule is CC.COc1ccc(C#N)c(C#N)c1. The van der Waals surface area contributed by atoms with Crippen LogP contribution in [0.3, 0.4) is 0 Å². The summed E-state index contributed by atoms with van der Waals surface area (Å²) in [6.07, 6.45) is 0. The van der Waals surface area contributed by atoms with Crippen LogP contribution in [0.5, 0.6) is 5.75 Å². The molecule has 0 aliphatic carbocycles. The van der Waals surface area contributed by atoms with Crippen LogP contribution in [0.1, 0.15) is 25.0 Å². The Morgan fingerprint density at radius 1 is 1.07 bits per heavy atom. The average Bonchev–Trinajstić information content (AvgIpc) is 2.30. The van der Waals surface area contributed by atoms with Gasteiger partial charge in [-0.2, -0.15) is 10.5 Å². The Balaban J connectivity index is 0.000000791. The van der Waals surface area contributed by atoms with Crippen molar-refractivity contribution in [2.75, 3.05) is 7.11 Å². The Hall–Kier alpha value is -2.00. The van der Waals surface area contributed by atoms with Gasteiger partial charge in [0.25, 0.3) is 0 Å². The highest BCUT2D eigenvalue weighted by Gasteiger charge is 2.01. The molecule has 0 fully saturated rings. The molecule has 0 saturated carbocycles. The summed E-state index contributed by atoms with van der Waals surface area (Å²) in [4.78, 5) is 0. The molecular formula is C11H12N2O. The van der Waals surface area contributed by atoms with Crippen molar-refractivity contribution < 1.29 is 4.74 Å². The molecule has 0 radical (unpaired) electrons. The summed E-state index contributed by atoms with van der Waals surface area (Å²) < 4.78 is 4.90. The van der Waals surface area contributed by atoms with E-state index in [4.69, 9.17) is 15.3 Å². The van der Waals surface area contributed by atoms with Crippen LogP contribution in [-0.2, 0) is 0 Å². The minimum atomic E-state index is 0.344. The first-order valence-electron chi connectivity index (χ1n) is 4.30. The van der Waals surface area contributed by atoms with Crippen molar-refractivity contribution in [1.82, 2.24) is 0 Å². The zero-order valence-electron chi connectivity index (χ0n) is 8.53. The van der Waals surface area contributed by atoms with Gasteiger partial charge in [0.2, 0.25) is 0 Å². The van der Waals surface area contributed by atoms with Crippen molar-refractivity contribution in [3.63, 3.8) is 0 Å². The van der Waals surface area contributed by atoms with Crippen LogP contribution in [0, 0.1) is 22.7 Å². The number of ether oxygens (including phenoxy) is 1. The third-order valence-electron chi connectivity index (χ3n) is 1.47. The Kier molecular flexibility index (Phi) is 5.58. The number of rotatable bonds is 1. The van der Waals surface area contributed by atoms with Gasteiger partial charge in [-0.3, -0.25) is 0 Å². The van der Waals surface area contributed by atoms with Crippen LogP contribution >= 0.6 is 0 Å². The van der Waals surface area contributed by atoms with Gasteiger partial charge in [0.15, 0.2) is 0 Å². The molecule has 0 unspecified atom stereocenters. The lowest BCUT2D eigenvalue weighted by molar-refractivity contribution is 0.414. The highest BCUT2D eigenvalue weighted by molar-refractivity contribution is 5.49. The predicted molar refractivity (Wildman–Crippen MR) is 53.8 cm³/mol. The van der Waals surface area contributed by atoms with Crippen molar-refractivity contribution >= 4 is 0 Å². The highest BCUT2D eigenvalue weighted by atomic mass is 16.5. The predicted octanol–water partition coefficient (Wildman–Crippen LogP) is 2.46. The fourth-order valence-electron chi connectivity index (χ4n) is 0.840. The maximum Gasteiger partial charge on any atom is 0.120 e. The topological polar surface area (TPSA) is 56.8 Å². The van der Waals surface area contributed by atoms with E-state index in [0.717, 1.165) is 0 Å². The Labute approximate surface area is 84.2 Å². The van der Waals surface area contributed by atoms with Crippen LogP contribution in [0.25, 0.3) is 0 Å². The van der Waals surface area contributed by atoms with Gasteiger partial charge in [-0.1, -0.05) is 13.8 Å². The molecule has 1 aromatic carbocycles. The first-order chi connectivity index (χ1) is 6.81. The molecule has 0 atom stereocenters. The summed E-state index contributed by atoms with van der Waals surface area (Å²) in [5.41, 5.74) is 0.718. The number of methoxy groups -OCH3 is 1. The van der Waals surface area contributed by atoms with Gasteiger partial charge in [0.1, 0.15) is 17.9 Å². The Bertz CT molecular complexity index is 372. The van der Waals surface area contributed by atoms with Crippen molar-refractivity contribution in [3.8, 4) is 17.9 Å². The molecular weight excluding hydrogens is 176 g/mol. The largest absolute Gasteiger partial charge is 0.497 e. The molecule has 0 saturated heterocycles. The number of hydrogen-bond donors (Lipinski definition) is 0. The molecule has 3 heteroatoms. The summed E-state index contributed by atoms with van der Waals surface area (Å²) >= 11 is 0. The third kappa shape index (κ3) is 2.80. The summed E-state index contributed by atoms with van der Waals surface area (Å²) in [5.74, 6) is 0.588. The molecule has 0 aromatic heterocycles. The van der Waals surface area contributed by atoms with Gasteiger partial charge < -0.3 is 4.74 Å². The van der Waals surface area contributed by atoms with Crippen LogP contribution in [0.2, 0.25) is 0 Å². The second-order valence-electron chi connectivity index (χ2n) is 2.14. The van der Waals surface area contributed by atoms with E-state index in [1.54, 1.807) is 18.2 Å². The summed E-state index contributed by atoms with van der Waals surface area (Å²) in [5, 5.41) is 17.2. The van der Waals surface area contributed by atoms with E-state index in [1.807, 2.05) is 26.0 Å². The minimum Gasteiger partial charge on any atom is -0.497 e. The molecule has 1 rings (SSSR count). The molecule has 0 bridgehead atoms. The Morgan fingerprint density at radius 3 is 2.07 bits per heavy atom. The van der Waals surface area contributed by atoms with Crippen LogP contribution in [0.15, 0.2) is 18.2 Å². The van der Waals surface area contributed by atoms with E-state index in [-0.39, 0.29) is 0 Å². The molecule has 0 N–H and O–H groups in total. The number of benzene rings is 1.